The summed E-state index contributed by atoms with van der Waals surface area (Å²) in [4.78, 5) is 0. The van der Waals surface area contributed by atoms with E-state index in [9.17, 15) is 4.39 Å². The van der Waals surface area contributed by atoms with Gasteiger partial charge in [0.1, 0.15) is 18.2 Å². The van der Waals surface area contributed by atoms with Crippen LogP contribution in [0.25, 0.3) is 11.1 Å². The van der Waals surface area contributed by atoms with Gasteiger partial charge in [-0.1, -0.05) is 48.0 Å². The van der Waals surface area contributed by atoms with Crippen molar-refractivity contribution in [3.63, 3.8) is 0 Å². The van der Waals surface area contributed by atoms with Crippen molar-refractivity contribution in [1.82, 2.24) is 5.32 Å². The van der Waals surface area contributed by atoms with Gasteiger partial charge in [0.15, 0.2) is 17.2 Å². The van der Waals surface area contributed by atoms with Crippen molar-refractivity contribution < 1.29 is 23.4 Å². The van der Waals surface area contributed by atoms with Crippen LogP contribution in [0.5, 0.6) is 11.5 Å². The van der Waals surface area contributed by atoms with Crippen LogP contribution < -0.4 is 14.8 Å². The normalized spacial score (nSPS) is 20.5. The van der Waals surface area contributed by atoms with Gasteiger partial charge in [0.05, 0.1) is 11.6 Å². The van der Waals surface area contributed by atoms with Gasteiger partial charge in [-0.25, -0.2) is 8.78 Å². The van der Waals surface area contributed by atoms with E-state index in [-0.39, 0.29) is 35.5 Å². The van der Waals surface area contributed by atoms with Crippen molar-refractivity contribution in [3.8, 4) is 22.6 Å². The number of hydrogen-bond acceptors (Lipinski definition) is 4. The second-order valence-corrected chi connectivity index (χ2v) is 8.47. The summed E-state index contributed by atoms with van der Waals surface area (Å²) in [6.45, 7) is 0.187. The van der Waals surface area contributed by atoms with Gasteiger partial charge in [0.2, 0.25) is 0 Å². The van der Waals surface area contributed by atoms with Crippen LogP contribution in [0.2, 0.25) is 5.02 Å². The Morgan fingerprint density at radius 2 is 1.97 bits per heavy atom. The van der Waals surface area contributed by atoms with Crippen molar-refractivity contribution in [2.45, 2.75) is 17.9 Å². The second kappa shape index (κ2) is 8.03. The number of likely N-dealkylation sites (N-methyl/N-ethyl adjacent to an activating group) is 1. The second-order valence-electron chi connectivity index (χ2n) is 8.09. The zero-order chi connectivity index (χ0) is 22.5. The number of fused-ring (bicyclic) bond motifs is 2. The predicted molar refractivity (Wildman–Crippen MR) is 119 cm³/mol. The maximum Gasteiger partial charge on any atom is 0.173 e. The number of aliphatic hydroxyl groups is 1. The van der Waals surface area contributed by atoms with Crippen LogP contribution in [0.3, 0.4) is 0 Å². The van der Waals surface area contributed by atoms with E-state index in [0.29, 0.717) is 35.4 Å². The molecular weight excluding hydrogens is 436 g/mol. The number of hydrogen-bond donors (Lipinski definition) is 2. The van der Waals surface area contributed by atoms with Gasteiger partial charge in [-0.2, -0.15) is 0 Å². The van der Waals surface area contributed by atoms with Gasteiger partial charge < -0.3 is 19.9 Å². The first-order valence-electron chi connectivity index (χ1n) is 10.5. The van der Waals surface area contributed by atoms with Crippen LogP contribution in [0.1, 0.15) is 22.6 Å². The lowest BCUT2D eigenvalue weighted by atomic mass is 9.70. The molecule has 2 atom stereocenters. The molecule has 0 amide bonds. The van der Waals surface area contributed by atoms with E-state index in [4.69, 9.17) is 26.2 Å². The summed E-state index contributed by atoms with van der Waals surface area (Å²) < 4.78 is 42.4. The van der Waals surface area contributed by atoms with E-state index in [1.54, 1.807) is 12.1 Å². The quantitative estimate of drug-likeness (QED) is 0.558. The topological polar surface area (TPSA) is 50.7 Å². The lowest BCUT2D eigenvalue weighted by Gasteiger charge is -2.37. The highest BCUT2D eigenvalue weighted by molar-refractivity contribution is 6.34. The van der Waals surface area contributed by atoms with Crippen LogP contribution in [0, 0.1) is 11.6 Å². The molecule has 32 heavy (non-hydrogen) atoms. The predicted octanol–water partition coefficient (Wildman–Crippen LogP) is 4.80. The summed E-state index contributed by atoms with van der Waals surface area (Å²) in [5.74, 6) is -1.11. The van der Waals surface area contributed by atoms with Gasteiger partial charge in [0.25, 0.3) is 0 Å². The van der Waals surface area contributed by atoms with Crippen molar-refractivity contribution in [1.29, 1.82) is 0 Å². The number of benzene rings is 3. The SMILES string of the molecule is CNC[C@]1(c2ccccc2)Oc2cc(F)c(Cl)c3c2[C@@H]1Cc1ccc(OCCO)c(F)c1-3. The summed E-state index contributed by atoms with van der Waals surface area (Å²) >= 11 is 6.46. The molecule has 3 aromatic carbocycles. The highest BCUT2D eigenvalue weighted by atomic mass is 35.5. The van der Waals surface area contributed by atoms with Crippen molar-refractivity contribution in [2.75, 3.05) is 26.8 Å². The fourth-order valence-corrected chi connectivity index (χ4v) is 5.34. The molecule has 2 N–H and O–H groups in total. The minimum Gasteiger partial charge on any atom is -0.488 e. The first kappa shape index (κ1) is 21.2. The van der Waals surface area contributed by atoms with E-state index in [1.165, 1.54) is 6.07 Å². The van der Waals surface area contributed by atoms with Crippen LogP contribution in [0.4, 0.5) is 8.78 Å². The smallest absolute Gasteiger partial charge is 0.173 e. The summed E-state index contributed by atoms with van der Waals surface area (Å²) in [5, 5.41) is 12.1. The van der Waals surface area contributed by atoms with Gasteiger partial charge in [0, 0.05) is 35.2 Å². The summed E-state index contributed by atoms with van der Waals surface area (Å²) in [6, 6.07) is 14.4. The molecule has 1 aliphatic carbocycles. The molecule has 166 valence electrons. The molecule has 7 heteroatoms. The number of halogens is 3. The minimum atomic E-state index is -0.801. The number of rotatable bonds is 6. The Labute approximate surface area is 189 Å². The molecule has 0 spiro atoms. The monoisotopic (exact) mass is 457 g/mol. The Hall–Kier alpha value is -2.67. The van der Waals surface area contributed by atoms with E-state index >= 15 is 4.39 Å². The maximum absolute atomic E-state index is 15.6. The molecule has 0 aromatic heterocycles. The van der Waals surface area contributed by atoms with Gasteiger partial charge in [-0.15, -0.1) is 0 Å². The molecule has 0 saturated heterocycles. The summed E-state index contributed by atoms with van der Waals surface area (Å²) in [6.07, 6.45) is 0.491. The third-order valence-corrected chi connectivity index (χ3v) is 6.71. The molecule has 0 radical (unpaired) electrons. The van der Waals surface area contributed by atoms with Crippen molar-refractivity contribution in [2.24, 2.45) is 0 Å². The van der Waals surface area contributed by atoms with E-state index < -0.39 is 17.2 Å². The number of nitrogens with one attached hydrogen (secondary N) is 1. The fourth-order valence-electron chi connectivity index (χ4n) is 5.09. The average Bonchev–Trinajstić information content (AvgIpc) is 3.11. The third kappa shape index (κ3) is 3.01. The Morgan fingerprint density at radius 1 is 1.19 bits per heavy atom. The van der Waals surface area contributed by atoms with Crippen LogP contribution in [0.15, 0.2) is 48.5 Å². The maximum atomic E-state index is 15.6. The van der Waals surface area contributed by atoms with Gasteiger partial charge in [-0.05, 0) is 30.7 Å². The lowest BCUT2D eigenvalue weighted by Crippen LogP contribution is -2.45. The Kier molecular flexibility index (Phi) is 5.32. The average molecular weight is 458 g/mol. The first-order valence-corrected chi connectivity index (χ1v) is 10.9. The zero-order valence-electron chi connectivity index (χ0n) is 17.4. The molecule has 5 rings (SSSR count). The minimum absolute atomic E-state index is 0.00575. The Bertz CT molecular complexity index is 1190. The Morgan fingerprint density at radius 3 is 2.69 bits per heavy atom. The molecule has 0 unspecified atom stereocenters. The van der Waals surface area contributed by atoms with E-state index in [0.717, 1.165) is 5.56 Å². The van der Waals surface area contributed by atoms with Crippen LogP contribution >= 0.6 is 11.6 Å². The largest absolute Gasteiger partial charge is 0.488 e. The molecule has 2 aliphatic rings. The highest BCUT2D eigenvalue weighted by Gasteiger charge is 2.53. The number of aliphatic hydroxyl groups excluding tert-OH is 1. The molecule has 0 bridgehead atoms. The zero-order valence-corrected chi connectivity index (χ0v) is 18.2. The summed E-state index contributed by atoms with van der Waals surface area (Å²) in [5.41, 5.74) is 2.11. The van der Waals surface area contributed by atoms with Crippen molar-refractivity contribution in [3.05, 3.63) is 81.9 Å². The van der Waals surface area contributed by atoms with E-state index in [1.807, 2.05) is 37.4 Å². The molecule has 3 aromatic rings. The molecule has 1 aliphatic heterocycles. The third-order valence-electron chi connectivity index (χ3n) is 6.34. The molecule has 0 fully saturated rings. The first-order chi connectivity index (χ1) is 15.5. The molecular formula is C25H22ClF2NO3. The number of ether oxygens (including phenoxy) is 2. The lowest BCUT2D eigenvalue weighted by molar-refractivity contribution is 0.0660. The highest BCUT2D eigenvalue weighted by Crippen LogP contribution is 2.60. The fraction of sp³-hybridized carbons (Fsp3) is 0.280. The molecule has 0 saturated carbocycles. The van der Waals surface area contributed by atoms with Crippen LogP contribution in [-0.2, 0) is 12.0 Å². The summed E-state index contributed by atoms with van der Waals surface area (Å²) in [7, 11) is 1.84. The van der Waals surface area contributed by atoms with Gasteiger partial charge >= 0.3 is 0 Å². The molecule has 4 nitrogen and oxygen atoms in total. The molecule has 1 heterocycles. The van der Waals surface area contributed by atoms with Crippen molar-refractivity contribution >= 4 is 11.6 Å². The van der Waals surface area contributed by atoms with Gasteiger partial charge in [-0.3, -0.25) is 0 Å². The standard InChI is InChI=1S/C25H22ClF2NO3/c1-29-13-25(15-5-3-2-4-6-15)16-11-14-7-8-18(31-10-9-30)24(28)20(14)22-21(16)19(32-25)12-17(27)23(22)26/h2-8,12,16,29-30H,9-11,13H2,1H3/t16-,25+/m0/s1. The van der Waals surface area contributed by atoms with Crippen LogP contribution in [-0.4, -0.2) is 31.9 Å². The van der Waals surface area contributed by atoms with E-state index in [2.05, 4.69) is 5.32 Å². The Balaban J connectivity index is 1.76.